The van der Waals surface area contributed by atoms with Gasteiger partial charge in [-0.25, -0.2) is 0 Å². The summed E-state index contributed by atoms with van der Waals surface area (Å²) in [6.45, 7) is 0. The van der Waals surface area contributed by atoms with Crippen LogP contribution in [-0.4, -0.2) is 28.1 Å². The Hall–Kier alpha value is -2.30. The van der Waals surface area contributed by atoms with Gasteiger partial charge in [0, 0.05) is 24.0 Å². The Bertz CT molecular complexity index is 497. The molecule has 5 heteroatoms. The number of carbonyl (C=O) groups excluding carboxylic acids is 1. The Morgan fingerprint density at radius 1 is 1.18 bits per heavy atom. The Morgan fingerprint density at radius 2 is 1.94 bits per heavy atom. The van der Waals surface area contributed by atoms with Crippen LogP contribution >= 0.6 is 0 Å². The molecule has 0 amide bonds. The molecule has 17 heavy (non-hydrogen) atoms. The molecular weight excluding hydrogens is 218 g/mol. The van der Waals surface area contributed by atoms with E-state index >= 15 is 0 Å². The zero-order valence-corrected chi connectivity index (χ0v) is 9.33. The van der Waals surface area contributed by atoms with Gasteiger partial charge in [0.15, 0.2) is 5.78 Å². The van der Waals surface area contributed by atoms with Crippen LogP contribution in [0.3, 0.4) is 0 Å². The Morgan fingerprint density at radius 3 is 2.53 bits per heavy atom. The summed E-state index contributed by atoms with van der Waals surface area (Å²) >= 11 is 0. The van der Waals surface area contributed by atoms with E-state index in [0.29, 0.717) is 17.1 Å². The molecule has 2 aromatic heterocycles. The lowest BCUT2D eigenvalue weighted by Crippen LogP contribution is -2.06. The minimum absolute atomic E-state index is 0.00753. The van der Waals surface area contributed by atoms with Gasteiger partial charge in [-0.15, -0.1) is 5.10 Å². The molecule has 0 unspecified atom stereocenters. The zero-order chi connectivity index (χ0) is 12.1. The summed E-state index contributed by atoms with van der Waals surface area (Å²) in [6, 6.07) is 6.77. The lowest BCUT2D eigenvalue weighted by molar-refractivity contribution is 0.0991. The maximum Gasteiger partial charge on any atom is 0.233 e. The standard InChI is InChI=1S/C12H11N3O2/c1-17-12-3-2-10(14-15-12)8-11(16)9-4-6-13-7-5-9/h2-7H,8H2,1H3. The number of pyridine rings is 1. The second-order valence-electron chi connectivity index (χ2n) is 3.40. The smallest absolute Gasteiger partial charge is 0.233 e. The van der Waals surface area contributed by atoms with Gasteiger partial charge in [0.25, 0.3) is 0 Å². The minimum Gasteiger partial charge on any atom is -0.480 e. The van der Waals surface area contributed by atoms with E-state index in [4.69, 9.17) is 4.74 Å². The number of Topliss-reactive ketones (excluding diaryl/α,β-unsaturated/α-hetero) is 1. The maximum absolute atomic E-state index is 11.8. The van der Waals surface area contributed by atoms with Crippen molar-refractivity contribution >= 4 is 5.78 Å². The van der Waals surface area contributed by atoms with Crippen LogP contribution in [0.25, 0.3) is 0 Å². The van der Waals surface area contributed by atoms with Gasteiger partial charge in [-0.2, -0.15) is 5.10 Å². The Kier molecular flexibility index (Phi) is 3.40. The zero-order valence-electron chi connectivity index (χ0n) is 9.33. The third-order valence-electron chi connectivity index (χ3n) is 2.25. The molecule has 0 bridgehead atoms. The summed E-state index contributed by atoms with van der Waals surface area (Å²) in [5.74, 6) is 0.428. The highest BCUT2D eigenvalue weighted by molar-refractivity contribution is 5.97. The molecule has 0 saturated carbocycles. The van der Waals surface area contributed by atoms with Crippen molar-refractivity contribution in [2.45, 2.75) is 6.42 Å². The number of hydrogen-bond donors (Lipinski definition) is 0. The molecule has 0 atom stereocenters. The first-order valence-electron chi connectivity index (χ1n) is 5.09. The molecular formula is C12H11N3O2. The van der Waals surface area contributed by atoms with E-state index in [2.05, 4.69) is 15.2 Å². The summed E-state index contributed by atoms with van der Waals surface area (Å²) in [6.07, 6.45) is 3.40. The molecule has 5 nitrogen and oxygen atoms in total. The molecule has 2 rings (SSSR count). The van der Waals surface area contributed by atoms with Gasteiger partial charge in [0.05, 0.1) is 19.2 Å². The molecule has 0 aliphatic rings. The van der Waals surface area contributed by atoms with Crippen molar-refractivity contribution < 1.29 is 9.53 Å². The summed E-state index contributed by atoms with van der Waals surface area (Å²) < 4.78 is 4.89. The highest BCUT2D eigenvalue weighted by atomic mass is 16.5. The van der Waals surface area contributed by atoms with Gasteiger partial charge < -0.3 is 4.74 Å². The molecule has 0 aliphatic heterocycles. The Labute approximate surface area is 98.5 Å². The van der Waals surface area contributed by atoms with Gasteiger partial charge in [-0.05, 0) is 18.2 Å². The average Bonchev–Trinajstić information content (AvgIpc) is 2.40. The van der Waals surface area contributed by atoms with Gasteiger partial charge >= 0.3 is 0 Å². The first-order valence-corrected chi connectivity index (χ1v) is 5.09. The number of methoxy groups -OCH3 is 1. The van der Waals surface area contributed by atoms with Crippen LogP contribution in [0.5, 0.6) is 5.88 Å². The van der Waals surface area contributed by atoms with Crippen LogP contribution in [0.4, 0.5) is 0 Å². The molecule has 0 aliphatic carbocycles. The first kappa shape index (κ1) is 11.2. The van der Waals surface area contributed by atoms with Crippen molar-refractivity contribution in [1.29, 1.82) is 0 Å². The van der Waals surface area contributed by atoms with E-state index in [1.807, 2.05) is 0 Å². The highest BCUT2D eigenvalue weighted by Gasteiger charge is 2.08. The van der Waals surface area contributed by atoms with Crippen molar-refractivity contribution in [3.63, 3.8) is 0 Å². The van der Waals surface area contributed by atoms with E-state index in [0.717, 1.165) is 0 Å². The topological polar surface area (TPSA) is 65.0 Å². The van der Waals surface area contributed by atoms with Gasteiger partial charge in [0.2, 0.25) is 5.88 Å². The molecule has 0 saturated heterocycles. The third-order valence-corrected chi connectivity index (χ3v) is 2.25. The quantitative estimate of drug-likeness (QED) is 0.739. The SMILES string of the molecule is COc1ccc(CC(=O)c2ccncc2)nn1. The van der Waals surface area contributed by atoms with Crippen LogP contribution in [-0.2, 0) is 6.42 Å². The highest BCUT2D eigenvalue weighted by Crippen LogP contribution is 2.07. The predicted molar refractivity (Wildman–Crippen MR) is 60.9 cm³/mol. The van der Waals surface area contributed by atoms with E-state index in [1.165, 1.54) is 7.11 Å². The minimum atomic E-state index is -0.00753. The van der Waals surface area contributed by atoms with Crippen molar-refractivity contribution in [3.8, 4) is 5.88 Å². The van der Waals surface area contributed by atoms with Gasteiger partial charge in [-0.1, -0.05) is 0 Å². The molecule has 0 aromatic carbocycles. The van der Waals surface area contributed by atoms with Crippen LogP contribution in [0.2, 0.25) is 0 Å². The fraction of sp³-hybridized carbons (Fsp3) is 0.167. The third kappa shape index (κ3) is 2.84. The molecule has 0 N–H and O–H groups in total. The summed E-state index contributed by atoms with van der Waals surface area (Å²) in [7, 11) is 1.52. The Balaban J connectivity index is 2.08. The molecule has 2 aromatic rings. The van der Waals surface area contributed by atoms with Gasteiger partial charge in [-0.3, -0.25) is 9.78 Å². The number of hydrogen-bond acceptors (Lipinski definition) is 5. The fourth-order valence-electron chi connectivity index (χ4n) is 1.36. The number of rotatable bonds is 4. The van der Waals surface area contributed by atoms with Crippen molar-refractivity contribution in [1.82, 2.24) is 15.2 Å². The number of carbonyl (C=O) groups is 1. The molecule has 86 valence electrons. The van der Waals surface area contributed by atoms with Crippen LogP contribution < -0.4 is 4.74 Å². The molecule has 0 fully saturated rings. The number of nitrogens with zero attached hydrogens (tertiary/aromatic N) is 3. The number of ether oxygens (including phenoxy) is 1. The molecule has 0 radical (unpaired) electrons. The van der Waals surface area contributed by atoms with Crippen molar-refractivity contribution in [2.75, 3.05) is 7.11 Å². The van der Waals surface area contributed by atoms with Gasteiger partial charge in [0.1, 0.15) is 0 Å². The average molecular weight is 229 g/mol. The van der Waals surface area contributed by atoms with Crippen LogP contribution in [0.15, 0.2) is 36.7 Å². The van der Waals surface area contributed by atoms with E-state index in [9.17, 15) is 4.79 Å². The normalized spacial score (nSPS) is 9.94. The van der Waals surface area contributed by atoms with E-state index < -0.39 is 0 Å². The lowest BCUT2D eigenvalue weighted by Gasteiger charge is -2.01. The molecule has 2 heterocycles. The second-order valence-corrected chi connectivity index (χ2v) is 3.40. The lowest BCUT2D eigenvalue weighted by atomic mass is 10.1. The second kappa shape index (κ2) is 5.16. The molecule has 0 spiro atoms. The fourth-order valence-corrected chi connectivity index (χ4v) is 1.36. The van der Waals surface area contributed by atoms with Crippen LogP contribution in [0, 0.1) is 0 Å². The predicted octanol–water partition coefficient (Wildman–Crippen LogP) is 1.31. The first-order chi connectivity index (χ1) is 8.29. The van der Waals surface area contributed by atoms with Crippen molar-refractivity contribution in [2.24, 2.45) is 0 Å². The number of aromatic nitrogens is 3. The number of ketones is 1. The largest absolute Gasteiger partial charge is 0.480 e. The van der Waals surface area contributed by atoms with Crippen LogP contribution in [0.1, 0.15) is 16.1 Å². The summed E-state index contributed by atoms with van der Waals surface area (Å²) in [5, 5.41) is 7.71. The van der Waals surface area contributed by atoms with Crippen molar-refractivity contribution in [3.05, 3.63) is 47.9 Å². The summed E-state index contributed by atoms with van der Waals surface area (Å²) in [4.78, 5) is 15.7. The monoisotopic (exact) mass is 229 g/mol. The maximum atomic E-state index is 11.8. The van der Waals surface area contributed by atoms with E-state index in [1.54, 1.807) is 36.7 Å². The summed E-state index contributed by atoms with van der Waals surface area (Å²) in [5.41, 5.74) is 1.24. The van der Waals surface area contributed by atoms with E-state index in [-0.39, 0.29) is 12.2 Å².